The smallest absolute Gasteiger partial charge is 0.336 e. The minimum Gasteiger partial charge on any atom is -0.478 e. The third kappa shape index (κ3) is 1.53. The van der Waals surface area contributed by atoms with E-state index in [-0.39, 0.29) is 5.92 Å². The van der Waals surface area contributed by atoms with Gasteiger partial charge in [0.1, 0.15) is 0 Å². The van der Waals surface area contributed by atoms with E-state index >= 15 is 0 Å². The summed E-state index contributed by atoms with van der Waals surface area (Å²) in [5.41, 5.74) is 3.38. The number of hydrogen-bond donors (Lipinski definition) is 1. The van der Waals surface area contributed by atoms with Crippen molar-refractivity contribution < 1.29 is 9.90 Å². The average Bonchev–Trinajstić information content (AvgIpc) is 2.35. The Balaban J connectivity index is 2.27. The molecule has 2 heteroatoms. The molecule has 2 aliphatic carbocycles. The number of aliphatic carboxylic acids is 1. The second kappa shape index (κ2) is 3.74. The van der Waals surface area contributed by atoms with Crippen LogP contribution in [0, 0.1) is 5.92 Å². The Labute approximate surface area is 99.6 Å². The van der Waals surface area contributed by atoms with Crippen LogP contribution in [-0.4, -0.2) is 11.1 Å². The van der Waals surface area contributed by atoms with Crippen LogP contribution in [0.15, 0.2) is 54.1 Å². The largest absolute Gasteiger partial charge is 0.478 e. The van der Waals surface area contributed by atoms with Gasteiger partial charge in [0.2, 0.25) is 0 Å². The summed E-state index contributed by atoms with van der Waals surface area (Å²) in [4.78, 5) is 11.5. The lowest BCUT2D eigenvalue weighted by Crippen LogP contribution is -2.18. The van der Waals surface area contributed by atoms with Gasteiger partial charge in [0.05, 0.1) is 5.57 Å². The van der Waals surface area contributed by atoms with Crippen LogP contribution >= 0.6 is 0 Å². The van der Waals surface area contributed by atoms with Gasteiger partial charge in [0, 0.05) is 5.92 Å². The molecule has 0 radical (unpaired) electrons. The van der Waals surface area contributed by atoms with E-state index in [2.05, 4.69) is 6.08 Å². The average molecular weight is 224 g/mol. The lowest BCUT2D eigenvalue weighted by molar-refractivity contribution is -0.130. The van der Waals surface area contributed by atoms with E-state index in [1.54, 1.807) is 0 Å². The summed E-state index contributed by atoms with van der Waals surface area (Å²) in [7, 11) is 0. The summed E-state index contributed by atoms with van der Waals surface area (Å²) >= 11 is 0. The van der Waals surface area contributed by atoms with E-state index in [0.717, 1.165) is 23.1 Å². The van der Waals surface area contributed by atoms with Crippen molar-refractivity contribution in [3.8, 4) is 0 Å². The first-order chi connectivity index (χ1) is 8.27. The Morgan fingerprint density at radius 2 is 2.06 bits per heavy atom. The molecule has 2 aliphatic rings. The molecule has 3 rings (SSSR count). The van der Waals surface area contributed by atoms with Crippen LogP contribution in [0.3, 0.4) is 0 Å². The lowest BCUT2D eigenvalue weighted by atomic mass is 9.77. The van der Waals surface area contributed by atoms with E-state index in [0.29, 0.717) is 5.57 Å². The van der Waals surface area contributed by atoms with E-state index in [9.17, 15) is 9.90 Å². The number of carboxylic acids is 1. The molecule has 0 aliphatic heterocycles. The minimum absolute atomic E-state index is 0.209. The third-order valence-electron chi connectivity index (χ3n) is 3.36. The van der Waals surface area contributed by atoms with Gasteiger partial charge in [-0.2, -0.15) is 0 Å². The van der Waals surface area contributed by atoms with Gasteiger partial charge in [-0.25, -0.2) is 4.79 Å². The Bertz CT molecular complexity index is 576. The van der Waals surface area contributed by atoms with Gasteiger partial charge >= 0.3 is 5.97 Å². The number of fused-ring (bicyclic) bond motifs is 2. The van der Waals surface area contributed by atoms with Gasteiger partial charge in [-0.3, -0.25) is 0 Å². The molecule has 0 saturated carbocycles. The van der Waals surface area contributed by atoms with E-state index in [1.165, 1.54) is 0 Å². The third-order valence-corrected chi connectivity index (χ3v) is 3.36. The van der Waals surface area contributed by atoms with Crippen molar-refractivity contribution in [2.75, 3.05) is 0 Å². The molecule has 0 amide bonds. The minimum atomic E-state index is -0.836. The summed E-state index contributed by atoms with van der Waals surface area (Å²) < 4.78 is 0. The number of carbonyl (C=O) groups is 1. The van der Waals surface area contributed by atoms with Gasteiger partial charge in [0.25, 0.3) is 0 Å². The highest BCUT2D eigenvalue weighted by Gasteiger charge is 2.28. The van der Waals surface area contributed by atoms with Crippen molar-refractivity contribution in [1.29, 1.82) is 0 Å². The first-order valence-corrected chi connectivity index (χ1v) is 5.68. The van der Waals surface area contributed by atoms with Crippen molar-refractivity contribution >= 4 is 11.5 Å². The maximum atomic E-state index is 11.5. The van der Waals surface area contributed by atoms with Crippen LogP contribution in [-0.2, 0) is 11.2 Å². The van der Waals surface area contributed by atoms with Gasteiger partial charge in [-0.1, -0.05) is 48.6 Å². The Hall–Kier alpha value is -2.09. The predicted molar refractivity (Wildman–Crippen MR) is 66.5 cm³/mol. The normalized spacial score (nSPS) is 21.1. The van der Waals surface area contributed by atoms with Crippen molar-refractivity contribution in [3.63, 3.8) is 0 Å². The first kappa shape index (κ1) is 10.1. The summed E-state index contributed by atoms with van der Waals surface area (Å²) in [6.07, 6.45) is 8.78. The van der Waals surface area contributed by atoms with Gasteiger partial charge in [0.15, 0.2) is 0 Å². The molecule has 1 atom stereocenters. The van der Waals surface area contributed by atoms with Crippen molar-refractivity contribution in [1.82, 2.24) is 0 Å². The molecule has 1 N–H and O–H groups in total. The van der Waals surface area contributed by atoms with E-state index < -0.39 is 5.97 Å². The maximum Gasteiger partial charge on any atom is 0.336 e. The van der Waals surface area contributed by atoms with Crippen molar-refractivity contribution in [2.45, 2.75) is 6.42 Å². The zero-order valence-corrected chi connectivity index (χ0v) is 9.26. The summed E-state index contributed by atoms with van der Waals surface area (Å²) in [6, 6.07) is 7.77. The number of carboxylic acid groups (broad SMARTS) is 1. The fraction of sp³-hybridized carbons (Fsp3) is 0.133. The number of benzene rings is 1. The molecule has 1 aromatic rings. The summed E-state index contributed by atoms with van der Waals surface area (Å²) in [6.45, 7) is 0. The van der Waals surface area contributed by atoms with Crippen LogP contribution in [0.25, 0.3) is 5.57 Å². The Morgan fingerprint density at radius 3 is 2.88 bits per heavy atom. The molecule has 17 heavy (non-hydrogen) atoms. The molecule has 0 spiro atoms. The highest BCUT2D eigenvalue weighted by atomic mass is 16.4. The number of allylic oxidation sites excluding steroid dienone is 5. The zero-order chi connectivity index (χ0) is 11.8. The lowest BCUT2D eigenvalue weighted by Gasteiger charge is -2.26. The second-order valence-corrected chi connectivity index (χ2v) is 4.35. The standard InChI is InChI=1S/C15H12O2/c16-15(17)14-12-7-3-1-5-10(12)9-11-6-2-4-8-13(11)14/h1-8,10H,9H2,(H,16,17). The highest BCUT2D eigenvalue weighted by Crippen LogP contribution is 2.37. The topological polar surface area (TPSA) is 37.3 Å². The molecule has 2 nitrogen and oxygen atoms in total. The molecule has 1 aromatic carbocycles. The predicted octanol–water partition coefficient (Wildman–Crippen LogP) is 2.82. The highest BCUT2D eigenvalue weighted by molar-refractivity contribution is 6.18. The quantitative estimate of drug-likeness (QED) is 0.796. The fourth-order valence-electron chi connectivity index (χ4n) is 2.60. The van der Waals surface area contributed by atoms with Gasteiger partial charge in [-0.15, -0.1) is 0 Å². The molecule has 0 aromatic heterocycles. The molecule has 1 unspecified atom stereocenters. The number of rotatable bonds is 1. The van der Waals surface area contributed by atoms with Crippen LogP contribution in [0.5, 0.6) is 0 Å². The molecule has 0 fully saturated rings. The van der Waals surface area contributed by atoms with E-state index in [1.807, 2.05) is 42.5 Å². The SMILES string of the molecule is O=C(O)C1=C2C=CC=CC2Cc2ccccc21. The second-order valence-electron chi connectivity index (χ2n) is 4.35. The van der Waals surface area contributed by atoms with Gasteiger partial charge < -0.3 is 5.11 Å². The van der Waals surface area contributed by atoms with Crippen LogP contribution in [0.4, 0.5) is 0 Å². The molecule has 0 bridgehead atoms. The van der Waals surface area contributed by atoms with Crippen LogP contribution < -0.4 is 0 Å². The molecular formula is C15H12O2. The van der Waals surface area contributed by atoms with Crippen LogP contribution in [0.1, 0.15) is 11.1 Å². The Kier molecular flexibility index (Phi) is 2.22. The number of hydrogen-bond acceptors (Lipinski definition) is 1. The molecule has 0 heterocycles. The molecular weight excluding hydrogens is 212 g/mol. The first-order valence-electron chi connectivity index (χ1n) is 5.68. The van der Waals surface area contributed by atoms with Crippen LogP contribution in [0.2, 0.25) is 0 Å². The van der Waals surface area contributed by atoms with E-state index in [4.69, 9.17) is 0 Å². The van der Waals surface area contributed by atoms with Gasteiger partial charge in [-0.05, 0) is 23.1 Å². The monoisotopic (exact) mass is 224 g/mol. The Morgan fingerprint density at radius 1 is 1.24 bits per heavy atom. The maximum absolute atomic E-state index is 11.5. The molecule has 0 saturated heterocycles. The molecule has 84 valence electrons. The summed E-state index contributed by atoms with van der Waals surface area (Å²) in [5.74, 6) is -0.627. The van der Waals surface area contributed by atoms with Crippen molar-refractivity contribution in [2.24, 2.45) is 5.92 Å². The summed E-state index contributed by atoms with van der Waals surface area (Å²) in [5, 5.41) is 9.41. The fourth-order valence-corrected chi connectivity index (χ4v) is 2.60. The van der Waals surface area contributed by atoms with Crippen molar-refractivity contribution in [3.05, 3.63) is 65.3 Å². The zero-order valence-electron chi connectivity index (χ0n) is 9.26.